The quantitative estimate of drug-likeness (QED) is 0.587. The summed E-state index contributed by atoms with van der Waals surface area (Å²) < 4.78 is 0. The van der Waals surface area contributed by atoms with Crippen LogP contribution < -0.4 is 5.32 Å². The Labute approximate surface area is 121 Å². The molecule has 112 valence electrons. The van der Waals surface area contributed by atoms with Gasteiger partial charge in [-0.15, -0.1) is 0 Å². The van der Waals surface area contributed by atoms with Crippen molar-refractivity contribution in [1.82, 2.24) is 10.2 Å². The number of hydrogen-bond donors (Lipinski definition) is 1. The second-order valence-corrected chi connectivity index (χ2v) is 5.15. The molecular weight excluding hydrogens is 254 g/mol. The lowest BCUT2D eigenvalue weighted by atomic mass is 10.1. The molecule has 0 saturated heterocycles. The van der Waals surface area contributed by atoms with E-state index in [9.17, 15) is 10.1 Å². The summed E-state index contributed by atoms with van der Waals surface area (Å²) in [7, 11) is 0. The highest BCUT2D eigenvalue weighted by molar-refractivity contribution is 5.42. The smallest absolute Gasteiger partial charge is 0.272 e. The van der Waals surface area contributed by atoms with Gasteiger partial charge in [-0.25, -0.2) is 0 Å². The predicted octanol–water partition coefficient (Wildman–Crippen LogP) is 2.72. The number of nitro benzene ring substituents is 1. The van der Waals surface area contributed by atoms with Gasteiger partial charge in [0.25, 0.3) is 5.69 Å². The van der Waals surface area contributed by atoms with Gasteiger partial charge >= 0.3 is 0 Å². The summed E-state index contributed by atoms with van der Waals surface area (Å²) in [6.45, 7) is 11.9. The first-order chi connectivity index (χ1) is 9.47. The number of nitrogens with zero attached hydrogens (tertiary/aromatic N) is 2. The topological polar surface area (TPSA) is 58.4 Å². The average molecular weight is 279 g/mol. The Hall–Kier alpha value is -1.46. The highest BCUT2D eigenvalue weighted by atomic mass is 16.6. The van der Waals surface area contributed by atoms with Gasteiger partial charge in [0.05, 0.1) is 4.92 Å². The Kier molecular flexibility index (Phi) is 6.61. The molecule has 1 aromatic carbocycles. The molecule has 0 aromatic heterocycles. The summed E-state index contributed by atoms with van der Waals surface area (Å²) in [4.78, 5) is 12.9. The zero-order valence-electron chi connectivity index (χ0n) is 12.8. The maximum atomic E-state index is 10.9. The van der Waals surface area contributed by atoms with Crippen LogP contribution in [0.25, 0.3) is 0 Å². The maximum Gasteiger partial charge on any atom is 0.272 e. The van der Waals surface area contributed by atoms with Crippen LogP contribution in [0.2, 0.25) is 0 Å². The molecular formula is C15H25N3O2. The third-order valence-electron chi connectivity index (χ3n) is 3.55. The Morgan fingerprint density at radius 1 is 1.35 bits per heavy atom. The minimum absolute atomic E-state index is 0.195. The average Bonchev–Trinajstić information content (AvgIpc) is 2.43. The molecule has 0 heterocycles. The molecule has 0 aliphatic carbocycles. The van der Waals surface area contributed by atoms with Crippen LogP contribution in [0.3, 0.4) is 0 Å². The van der Waals surface area contributed by atoms with Crippen molar-refractivity contribution in [3.63, 3.8) is 0 Å². The van der Waals surface area contributed by atoms with E-state index in [-0.39, 0.29) is 10.6 Å². The van der Waals surface area contributed by atoms with Crippen LogP contribution in [-0.4, -0.2) is 35.5 Å². The largest absolute Gasteiger partial charge is 0.309 e. The van der Waals surface area contributed by atoms with Crippen LogP contribution in [0.1, 0.15) is 31.9 Å². The van der Waals surface area contributed by atoms with Crippen molar-refractivity contribution in [2.45, 2.75) is 40.3 Å². The van der Waals surface area contributed by atoms with Crippen LogP contribution >= 0.6 is 0 Å². The fraction of sp³-hybridized carbons (Fsp3) is 0.600. The van der Waals surface area contributed by atoms with E-state index in [0.29, 0.717) is 18.2 Å². The van der Waals surface area contributed by atoms with E-state index < -0.39 is 0 Å². The lowest BCUT2D eigenvalue weighted by molar-refractivity contribution is -0.385. The molecule has 5 heteroatoms. The molecule has 5 nitrogen and oxygen atoms in total. The molecule has 1 rings (SSSR count). The summed E-state index contributed by atoms with van der Waals surface area (Å²) >= 11 is 0. The molecule has 1 atom stereocenters. The minimum atomic E-state index is -0.321. The second-order valence-electron chi connectivity index (χ2n) is 5.15. The number of nitro groups is 1. The lowest BCUT2D eigenvalue weighted by Crippen LogP contribution is -2.38. The predicted molar refractivity (Wildman–Crippen MR) is 81.9 cm³/mol. The molecule has 20 heavy (non-hydrogen) atoms. The molecule has 1 unspecified atom stereocenters. The highest BCUT2D eigenvalue weighted by Gasteiger charge is 2.12. The van der Waals surface area contributed by atoms with E-state index in [1.165, 1.54) is 0 Å². The van der Waals surface area contributed by atoms with E-state index in [4.69, 9.17) is 0 Å². The first-order valence-electron chi connectivity index (χ1n) is 7.17. The normalized spacial score (nSPS) is 12.7. The van der Waals surface area contributed by atoms with Crippen molar-refractivity contribution in [2.75, 3.05) is 19.6 Å². The van der Waals surface area contributed by atoms with Gasteiger partial charge in [0.2, 0.25) is 0 Å². The van der Waals surface area contributed by atoms with Crippen LogP contribution in [0.5, 0.6) is 0 Å². The third-order valence-corrected chi connectivity index (χ3v) is 3.55. The van der Waals surface area contributed by atoms with Gasteiger partial charge in [0.15, 0.2) is 0 Å². The Morgan fingerprint density at radius 3 is 2.55 bits per heavy atom. The fourth-order valence-corrected chi connectivity index (χ4v) is 2.19. The van der Waals surface area contributed by atoms with E-state index in [1.54, 1.807) is 13.0 Å². The maximum absolute atomic E-state index is 10.9. The van der Waals surface area contributed by atoms with Crippen molar-refractivity contribution >= 4 is 5.69 Å². The summed E-state index contributed by atoms with van der Waals surface area (Å²) in [5, 5.41) is 14.3. The van der Waals surface area contributed by atoms with Crippen molar-refractivity contribution < 1.29 is 4.92 Å². The van der Waals surface area contributed by atoms with Crippen LogP contribution in [0.4, 0.5) is 5.69 Å². The van der Waals surface area contributed by atoms with Gasteiger partial charge in [-0.3, -0.25) is 10.1 Å². The molecule has 0 saturated carbocycles. The Morgan fingerprint density at radius 2 is 2.00 bits per heavy atom. The molecule has 0 aliphatic heterocycles. The number of aryl methyl sites for hydroxylation is 1. The first-order valence-corrected chi connectivity index (χ1v) is 7.17. The number of benzene rings is 1. The van der Waals surface area contributed by atoms with Crippen LogP contribution in [-0.2, 0) is 6.54 Å². The van der Waals surface area contributed by atoms with Crippen molar-refractivity contribution in [2.24, 2.45) is 0 Å². The van der Waals surface area contributed by atoms with Gasteiger partial charge < -0.3 is 10.2 Å². The minimum Gasteiger partial charge on any atom is -0.309 e. The van der Waals surface area contributed by atoms with Gasteiger partial charge in [-0.2, -0.15) is 0 Å². The zero-order valence-corrected chi connectivity index (χ0v) is 12.8. The third kappa shape index (κ3) is 4.90. The standard InChI is InChI=1S/C15H25N3O2/c1-5-17(6-2)11-13(4)16-10-14-8-7-12(3)15(9-14)18(19)20/h7-9,13,16H,5-6,10-11H2,1-4H3. The van der Waals surface area contributed by atoms with E-state index in [0.717, 1.165) is 25.2 Å². The molecule has 0 aliphatic rings. The number of hydrogen-bond acceptors (Lipinski definition) is 4. The SMILES string of the molecule is CCN(CC)CC(C)NCc1ccc(C)c([N+](=O)[O-])c1. The molecule has 0 fully saturated rings. The van der Waals surface area contributed by atoms with Gasteiger partial charge in [0, 0.05) is 30.8 Å². The first kappa shape index (κ1) is 16.6. The van der Waals surface area contributed by atoms with E-state index in [2.05, 4.69) is 31.0 Å². The summed E-state index contributed by atoms with van der Waals surface area (Å²) in [5.74, 6) is 0. The lowest BCUT2D eigenvalue weighted by Gasteiger charge is -2.23. The molecule has 0 bridgehead atoms. The van der Waals surface area contributed by atoms with Gasteiger partial charge in [0.1, 0.15) is 0 Å². The molecule has 0 radical (unpaired) electrons. The number of rotatable bonds is 8. The van der Waals surface area contributed by atoms with Gasteiger partial charge in [-0.05, 0) is 32.5 Å². The number of nitrogens with one attached hydrogen (secondary N) is 1. The molecule has 0 amide bonds. The van der Waals surface area contributed by atoms with Crippen molar-refractivity contribution in [1.29, 1.82) is 0 Å². The van der Waals surface area contributed by atoms with Gasteiger partial charge in [-0.1, -0.05) is 26.0 Å². The summed E-state index contributed by atoms with van der Waals surface area (Å²) in [5.41, 5.74) is 1.85. The highest BCUT2D eigenvalue weighted by Crippen LogP contribution is 2.19. The van der Waals surface area contributed by atoms with Crippen molar-refractivity contribution in [3.05, 3.63) is 39.4 Å². The molecule has 1 aromatic rings. The van der Waals surface area contributed by atoms with Crippen LogP contribution in [0, 0.1) is 17.0 Å². The molecule has 1 N–H and O–H groups in total. The number of likely N-dealkylation sites (N-methyl/N-ethyl adjacent to an activating group) is 1. The second kappa shape index (κ2) is 7.97. The monoisotopic (exact) mass is 279 g/mol. The van der Waals surface area contributed by atoms with E-state index in [1.807, 2.05) is 12.1 Å². The van der Waals surface area contributed by atoms with Crippen LogP contribution in [0.15, 0.2) is 18.2 Å². The Bertz CT molecular complexity index is 445. The van der Waals surface area contributed by atoms with Crippen molar-refractivity contribution in [3.8, 4) is 0 Å². The molecule has 0 spiro atoms. The summed E-state index contributed by atoms with van der Waals surface area (Å²) in [6, 6.07) is 5.77. The fourth-order valence-electron chi connectivity index (χ4n) is 2.19. The zero-order chi connectivity index (χ0) is 15.1. The Balaban J connectivity index is 2.57. The van der Waals surface area contributed by atoms with E-state index >= 15 is 0 Å². The summed E-state index contributed by atoms with van der Waals surface area (Å²) in [6.07, 6.45) is 0.